The third kappa shape index (κ3) is 13.7. The number of rotatable bonds is 19. The van der Waals surface area contributed by atoms with Crippen LogP contribution in [0.25, 0.3) is 0 Å². The summed E-state index contributed by atoms with van der Waals surface area (Å²) in [5.74, 6) is 0. The Morgan fingerprint density at radius 2 is 0.667 bits per heavy atom. The first-order valence-corrected chi connectivity index (χ1v) is 14.6. The summed E-state index contributed by atoms with van der Waals surface area (Å²) < 4.78 is 0. The van der Waals surface area contributed by atoms with Gasteiger partial charge in [-0.2, -0.15) is 0 Å². The van der Waals surface area contributed by atoms with E-state index in [0.717, 1.165) is 0 Å². The molecule has 0 N–H and O–H groups in total. The summed E-state index contributed by atoms with van der Waals surface area (Å²) in [7, 11) is -0.822. The molecule has 0 fully saturated rings. The van der Waals surface area contributed by atoms with Crippen molar-refractivity contribution >= 4 is 7.26 Å². The van der Waals surface area contributed by atoms with E-state index in [1.165, 1.54) is 115 Å². The van der Waals surface area contributed by atoms with Crippen LogP contribution in [0.5, 0.6) is 0 Å². The van der Waals surface area contributed by atoms with Crippen molar-refractivity contribution in [3.8, 4) is 0 Å². The molecule has 0 aromatic heterocycles. The van der Waals surface area contributed by atoms with Crippen molar-refractivity contribution in [1.82, 2.24) is 0 Å². The summed E-state index contributed by atoms with van der Waals surface area (Å²) in [6, 6.07) is 0. The molecule has 0 rings (SSSR count). The average Bonchev–Trinajstić information content (AvgIpc) is 2.62. The van der Waals surface area contributed by atoms with Crippen LogP contribution >= 0.6 is 7.26 Å². The molecule has 0 amide bonds. The van der Waals surface area contributed by atoms with Crippen molar-refractivity contribution in [2.24, 2.45) is 0 Å². The number of hydrogen-bond acceptors (Lipinski definition) is 0. The molecule has 0 aromatic carbocycles. The van der Waals surface area contributed by atoms with Gasteiger partial charge in [-0.3, -0.25) is 0 Å². The Labute approximate surface area is 156 Å². The van der Waals surface area contributed by atoms with Crippen LogP contribution in [-0.2, 0) is 0 Å². The second-order valence-corrected chi connectivity index (χ2v) is 13.9. The van der Waals surface area contributed by atoms with Crippen LogP contribution in [0.4, 0.5) is 0 Å². The van der Waals surface area contributed by atoms with Crippen molar-refractivity contribution in [2.45, 2.75) is 124 Å². The average molecular weight is 359 g/mol. The fourth-order valence-electron chi connectivity index (χ4n) is 4.15. The van der Waals surface area contributed by atoms with Crippen LogP contribution in [0.3, 0.4) is 0 Å². The van der Waals surface area contributed by atoms with Gasteiger partial charge in [-0.15, -0.1) is 0 Å². The van der Waals surface area contributed by atoms with Gasteiger partial charge >= 0.3 is 123 Å². The number of unbranched alkanes of at least 4 members (excludes halogenated alkanes) is 14. The molecule has 0 bridgehead atoms. The Balaban J connectivity index is 3.23. The predicted octanol–water partition coefficient (Wildman–Crippen LogP) is 8.67. The van der Waals surface area contributed by atoms with Crippen LogP contribution in [0.1, 0.15) is 124 Å². The second-order valence-electron chi connectivity index (χ2n) is 8.26. The van der Waals surface area contributed by atoms with Crippen molar-refractivity contribution < 1.29 is 0 Å². The summed E-state index contributed by atoms with van der Waals surface area (Å²) in [5, 5.41) is 0. The summed E-state index contributed by atoms with van der Waals surface area (Å²) in [5.41, 5.74) is 0. The van der Waals surface area contributed by atoms with Crippen molar-refractivity contribution in [3.05, 3.63) is 0 Å². The zero-order chi connectivity index (χ0) is 17.9. The van der Waals surface area contributed by atoms with Gasteiger partial charge in [-0.05, 0) is 0 Å². The molecule has 0 heterocycles. The van der Waals surface area contributed by atoms with E-state index in [2.05, 4.69) is 27.7 Å². The summed E-state index contributed by atoms with van der Waals surface area (Å²) in [6.07, 6.45) is 28.4. The molecule has 0 radical (unpaired) electrons. The molecule has 0 saturated carbocycles. The van der Waals surface area contributed by atoms with Crippen molar-refractivity contribution in [3.63, 3.8) is 0 Å². The quantitative estimate of drug-likeness (QED) is 0.160. The molecule has 0 unspecified atom stereocenters. The van der Waals surface area contributed by atoms with Crippen molar-refractivity contribution in [2.75, 3.05) is 24.6 Å². The third-order valence-electron chi connectivity index (χ3n) is 6.56. The molecule has 0 atom stereocenters. The SMILES string of the molecule is CCCCCCCCCCCCCCCCC[PH](CC)(CC)CC. The predicted molar refractivity (Wildman–Crippen MR) is 120 cm³/mol. The monoisotopic (exact) mass is 358 g/mol. The van der Waals surface area contributed by atoms with Gasteiger partial charge in [0.15, 0.2) is 0 Å². The normalized spacial score (nSPS) is 12.7. The maximum atomic E-state index is 2.45. The molecule has 0 nitrogen and oxygen atoms in total. The molecule has 0 aliphatic carbocycles. The Hall–Kier alpha value is 0.430. The Bertz CT molecular complexity index is 224. The van der Waals surface area contributed by atoms with Crippen LogP contribution in [0, 0.1) is 0 Å². The van der Waals surface area contributed by atoms with Crippen LogP contribution in [-0.4, -0.2) is 24.6 Å². The van der Waals surface area contributed by atoms with Gasteiger partial charge in [0, 0.05) is 0 Å². The van der Waals surface area contributed by atoms with Crippen LogP contribution < -0.4 is 0 Å². The molecule has 148 valence electrons. The molecule has 1 heteroatoms. The molecule has 0 saturated heterocycles. The van der Waals surface area contributed by atoms with Crippen LogP contribution in [0.15, 0.2) is 0 Å². The summed E-state index contributed by atoms with van der Waals surface area (Å²) in [6.45, 7) is 9.65. The van der Waals surface area contributed by atoms with Gasteiger partial charge in [0.25, 0.3) is 0 Å². The third-order valence-corrected chi connectivity index (χ3v) is 12.5. The van der Waals surface area contributed by atoms with E-state index in [1.807, 2.05) is 0 Å². The van der Waals surface area contributed by atoms with E-state index in [1.54, 1.807) is 6.16 Å². The van der Waals surface area contributed by atoms with E-state index in [9.17, 15) is 0 Å². The molecule has 24 heavy (non-hydrogen) atoms. The Morgan fingerprint density at radius 1 is 0.375 bits per heavy atom. The zero-order valence-corrected chi connectivity index (χ0v) is 18.9. The molecule has 0 aliphatic rings. The fourth-order valence-corrected chi connectivity index (χ4v) is 7.71. The summed E-state index contributed by atoms with van der Waals surface area (Å²) >= 11 is 0. The molecular weight excluding hydrogens is 307 g/mol. The first-order valence-electron chi connectivity index (χ1n) is 11.7. The Morgan fingerprint density at radius 3 is 0.958 bits per heavy atom. The minimum absolute atomic E-state index is 0.822. The van der Waals surface area contributed by atoms with Gasteiger partial charge in [-0.25, -0.2) is 0 Å². The standard InChI is InChI=1S/C23H51P/c1-5-9-10-11-12-13-14-15-16-17-18-19-20-21-22-23-24(6-2,7-3)8-4/h24H,5-23H2,1-4H3. The van der Waals surface area contributed by atoms with Gasteiger partial charge in [-0.1, -0.05) is 32.6 Å². The van der Waals surface area contributed by atoms with E-state index >= 15 is 0 Å². The maximum absolute atomic E-state index is 2.45. The van der Waals surface area contributed by atoms with E-state index in [0.29, 0.717) is 0 Å². The van der Waals surface area contributed by atoms with Gasteiger partial charge in [0.2, 0.25) is 0 Å². The minimum atomic E-state index is -0.822. The van der Waals surface area contributed by atoms with E-state index in [4.69, 9.17) is 0 Å². The first-order chi connectivity index (χ1) is 11.7. The van der Waals surface area contributed by atoms with Crippen molar-refractivity contribution in [1.29, 1.82) is 0 Å². The zero-order valence-electron chi connectivity index (χ0n) is 17.9. The molecule has 0 spiro atoms. The van der Waals surface area contributed by atoms with E-state index < -0.39 is 7.26 Å². The molecule has 0 aromatic rings. The van der Waals surface area contributed by atoms with Gasteiger partial charge < -0.3 is 0 Å². The summed E-state index contributed by atoms with van der Waals surface area (Å²) in [4.78, 5) is 0. The van der Waals surface area contributed by atoms with Crippen LogP contribution in [0.2, 0.25) is 0 Å². The van der Waals surface area contributed by atoms with Gasteiger partial charge in [0.05, 0.1) is 0 Å². The van der Waals surface area contributed by atoms with E-state index in [-0.39, 0.29) is 0 Å². The Kier molecular flexibility index (Phi) is 18.6. The first kappa shape index (κ1) is 24.4. The van der Waals surface area contributed by atoms with Gasteiger partial charge in [0.1, 0.15) is 0 Å². The topological polar surface area (TPSA) is 0 Å². The number of hydrogen-bond donors (Lipinski definition) is 0. The second kappa shape index (κ2) is 18.2. The fraction of sp³-hybridized carbons (Fsp3) is 1.00. The molecular formula is C23H51P. The molecule has 0 aliphatic heterocycles.